The molecule has 2 nitrogen and oxygen atoms in total. The number of carbonyl (C=O) groups is 1. The average Bonchev–Trinajstić information content (AvgIpc) is 3.38. The largest absolute Gasteiger partial charge is 0.458 e. The first kappa shape index (κ1) is 31.4. The first-order chi connectivity index (χ1) is 21.4. The second-order valence-corrected chi connectivity index (χ2v) is 15.2. The van der Waals surface area contributed by atoms with Crippen molar-refractivity contribution >= 4 is 17.6 Å². The molecule has 3 fully saturated rings. The van der Waals surface area contributed by atoms with Gasteiger partial charge in [-0.2, -0.15) is 0 Å². The Bertz CT molecular complexity index is 1310. The van der Waals surface area contributed by atoms with Gasteiger partial charge >= 0.3 is 5.97 Å². The maximum Gasteiger partial charge on any atom is 0.339 e. The van der Waals surface area contributed by atoms with Gasteiger partial charge in [-0.3, -0.25) is 0 Å². The van der Waals surface area contributed by atoms with E-state index in [1.165, 1.54) is 77.0 Å². The van der Waals surface area contributed by atoms with Crippen molar-refractivity contribution in [3.63, 3.8) is 0 Å². The molecule has 0 N–H and O–H groups in total. The third kappa shape index (κ3) is 6.38. The molecule has 4 aliphatic rings. The first-order valence-electron chi connectivity index (χ1n) is 18.1. The van der Waals surface area contributed by atoms with E-state index in [1.54, 1.807) is 5.57 Å². The zero-order valence-corrected chi connectivity index (χ0v) is 27.7. The predicted molar refractivity (Wildman–Crippen MR) is 184 cm³/mol. The molecule has 3 saturated carbocycles. The van der Waals surface area contributed by atoms with E-state index in [-0.39, 0.29) is 17.5 Å². The molecule has 7 atom stereocenters. The molecule has 4 aliphatic carbocycles. The summed E-state index contributed by atoms with van der Waals surface area (Å²) in [5.41, 5.74) is 4.99. The molecule has 0 saturated heterocycles. The summed E-state index contributed by atoms with van der Waals surface area (Å²) in [7, 11) is 0. The van der Waals surface area contributed by atoms with Crippen molar-refractivity contribution in [3.05, 3.63) is 83.4 Å². The summed E-state index contributed by atoms with van der Waals surface area (Å²) >= 11 is 0. The number of allylic oxidation sites excluding steroid dienone is 1. The summed E-state index contributed by atoms with van der Waals surface area (Å²) in [6, 6.07) is 20.1. The number of esters is 1. The van der Waals surface area contributed by atoms with Crippen molar-refractivity contribution < 1.29 is 9.53 Å². The summed E-state index contributed by atoms with van der Waals surface area (Å²) in [5, 5.41) is 0. The van der Waals surface area contributed by atoms with Crippen LogP contribution in [-0.4, -0.2) is 12.1 Å². The molecular formula is C42H56O2. The van der Waals surface area contributed by atoms with Crippen LogP contribution in [-0.2, 0) is 9.53 Å². The van der Waals surface area contributed by atoms with E-state index in [0.717, 1.165) is 54.1 Å². The number of rotatable bonds is 11. The second-order valence-electron chi connectivity index (χ2n) is 15.2. The van der Waals surface area contributed by atoms with Gasteiger partial charge in [0.15, 0.2) is 0 Å². The van der Waals surface area contributed by atoms with Crippen LogP contribution in [0.3, 0.4) is 0 Å². The highest BCUT2D eigenvalue weighted by atomic mass is 16.5. The topological polar surface area (TPSA) is 26.3 Å². The third-order valence-electron chi connectivity index (χ3n) is 12.9. The second kappa shape index (κ2) is 13.8. The van der Waals surface area contributed by atoms with Crippen LogP contribution in [0.1, 0.15) is 128 Å². The minimum atomic E-state index is -0.196. The van der Waals surface area contributed by atoms with Gasteiger partial charge in [-0.1, -0.05) is 132 Å². The molecule has 0 heterocycles. The SMILES string of the molecule is CCCCCCCC[C@@H]1CC[C@@H]2[C@H]3CC=C4C[C@@H](OC(=O)/C(=C/c5ccccc5)c5ccccc5)CC[C@]4(C)[C@H]3CC[C@]12C. The van der Waals surface area contributed by atoms with Crippen LogP contribution in [0.4, 0.5) is 0 Å². The maximum absolute atomic E-state index is 13.7. The van der Waals surface area contributed by atoms with Crippen LogP contribution < -0.4 is 0 Å². The summed E-state index contributed by atoms with van der Waals surface area (Å²) < 4.78 is 6.33. The van der Waals surface area contributed by atoms with Gasteiger partial charge in [-0.05, 0) is 103 Å². The van der Waals surface area contributed by atoms with Crippen molar-refractivity contribution in [2.24, 2.45) is 34.5 Å². The molecule has 44 heavy (non-hydrogen) atoms. The minimum absolute atomic E-state index is 0.0386. The summed E-state index contributed by atoms with van der Waals surface area (Å²) in [5.74, 6) is 3.28. The number of unbranched alkanes of at least 4 members (excludes halogenated alkanes) is 5. The Balaban J connectivity index is 1.11. The summed E-state index contributed by atoms with van der Waals surface area (Å²) in [6.45, 7) is 7.57. The highest BCUT2D eigenvalue weighted by Gasteiger charge is 2.58. The van der Waals surface area contributed by atoms with Gasteiger partial charge < -0.3 is 4.74 Å². The van der Waals surface area contributed by atoms with Crippen LogP contribution >= 0.6 is 0 Å². The van der Waals surface area contributed by atoms with Gasteiger partial charge in [0.1, 0.15) is 6.10 Å². The normalized spacial score (nSPS) is 33.1. The monoisotopic (exact) mass is 592 g/mol. The Kier molecular flexibility index (Phi) is 9.84. The quantitative estimate of drug-likeness (QED) is 0.0853. The number of fused-ring (bicyclic) bond motifs is 5. The van der Waals surface area contributed by atoms with E-state index >= 15 is 0 Å². The zero-order chi connectivity index (χ0) is 30.6. The molecule has 0 unspecified atom stereocenters. The van der Waals surface area contributed by atoms with E-state index in [0.29, 0.717) is 11.0 Å². The van der Waals surface area contributed by atoms with Crippen LogP contribution in [0.25, 0.3) is 11.6 Å². The van der Waals surface area contributed by atoms with Crippen LogP contribution in [0, 0.1) is 34.5 Å². The predicted octanol–water partition coefficient (Wildman–Crippen LogP) is 11.5. The Morgan fingerprint density at radius 3 is 2.34 bits per heavy atom. The van der Waals surface area contributed by atoms with Crippen molar-refractivity contribution in [1.82, 2.24) is 0 Å². The van der Waals surface area contributed by atoms with E-state index in [4.69, 9.17) is 4.74 Å². The Morgan fingerprint density at radius 1 is 0.841 bits per heavy atom. The maximum atomic E-state index is 13.7. The zero-order valence-electron chi connectivity index (χ0n) is 27.7. The standard InChI is InChI=1S/C42H56O2/c1-4-5-6-7-8-15-20-33-22-24-38-36-23-21-34-30-35(25-27-42(34,3)39(36)26-28-41(33,38)2)44-40(43)37(32-18-13-10-14-19-32)29-31-16-11-9-12-17-31/h9-14,16-19,21,29,33,35-36,38-39H,4-8,15,20,22-28,30H2,1-3H3/b37-29+/t33-,35+,36-,38-,39+,41-,42+/m1/s1. The smallest absolute Gasteiger partial charge is 0.339 e. The van der Waals surface area contributed by atoms with Crippen LogP contribution in [0.2, 0.25) is 0 Å². The number of benzene rings is 2. The van der Waals surface area contributed by atoms with E-state index in [2.05, 4.69) is 26.8 Å². The Morgan fingerprint density at radius 2 is 1.57 bits per heavy atom. The molecule has 6 rings (SSSR count). The fourth-order valence-corrected chi connectivity index (χ4v) is 10.3. The molecule has 0 spiro atoms. The number of hydrogen-bond acceptors (Lipinski definition) is 2. The molecule has 2 aromatic carbocycles. The lowest BCUT2D eigenvalue weighted by atomic mass is 9.47. The summed E-state index contributed by atoms with van der Waals surface area (Å²) in [6.07, 6.45) is 24.5. The average molecular weight is 593 g/mol. The van der Waals surface area contributed by atoms with E-state index in [9.17, 15) is 4.79 Å². The van der Waals surface area contributed by atoms with Gasteiger partial charge in [0.05, 0.1) is 5.57 Å². The van der Waals surface area contributed by atoms with Gasteiger partial charge in [-0.25, -0.2) is 4.79 Å². The highest BCUT2D eigenvalue weighted by molar-refractivity contribution is 6.21. The minimum Gasteiger partial charge on any atom is -0.458 e. The fraction of sp³-hybridized carbons (Fsp3) is 0.595. The van der Waals surface area contributed by atoms with Crippen molar-refractivity contribution in [2.45, 2.75) is 123 Å². The lowest BCUT2D eigenvalue weighted by Crippen LogP contribution is -2.50. The van der Waals surface area contributed by atoms with E-state index < -0.39 is 0 Å². The lowest BCUT2D eigenvalue weighted by molar-refractivity contribution is -0.144. The molecule has 2 heteroatoms. The number of carbonyl (C=O) groups excluding carboxylic acids is 1. The van der Waals surface area contributed by atoms with Crippen LogP contribution in [0.15, 0.2) is 72.3 Å². The first-order valence-corrected chi connectivity index (χ1v) is 18.1. The third-order valence-corrected chi connectivity index (χ3v) is 12.9. The number of ether oxygens (including phenoxy) is 1. The van der Waals surface area contributed by atoms with Gasteiger partial charge in [0.25, 0.3) is 0 Å². The van der Waals surface area contributed by atoms with Crippen LogP contribution in [0.5, 0.6) is 0 Å². The van der Waals surface area contributed by atoms with Crippen molar-refractivity contribution in [1.29, 1.82) is 0 Å². The highest BCUT2D eigenvalue weighted by Crippen LogP contribution is 2.66. The van der Waals surface area contributed by atoms with Crippen molar-refractivity contribution in [2.75, 3.05) is 0 Å². The summed E-state index contributed by atoms with van der Waals surface area (Å²) in [4.78, 5) is 13.7. The molecule has 0 aliphatic heterocycles. The molecule has 0 aromatic heterocycles. The lowest BCUT2D eigenvalue weighted by Gasteiger charge is -2.58. The Labute approximate surface area is 267 Å². The molecule has 2 aromatic rings. The molecule has 0 amide bonds. The Hall–Kier alpha value is -2.61. The molecule has 0 bridgehead atoms. The molecular weight excluding hydrogens is 536 g/mol. The molecule has 236 valence electrons. The van der Waals surface area contributed by atoms with Gasteiger partial charge in [-0.15, -0.1) is 0 Å². The molecule has 0 radical (unpaired) electrons. The van der Waals surface area contributed by atoms with Crippen molar-refractivity contribution in [3.8, 4) is 0 Å². The van der Waals surface area contributed by atoms with Gasteiger partial charge in [0, 0.05) is 6.42 Å². The number of hydrogen-bond donors (Lipinski definition) is 0. The van der Waals surface area contributed by atoms with Gasteiger partial charge in [0.2, 0.25) is 0 Å². The van der Waals surface area contributed by atoms with E-state index in [1.807, 2.05) is 66.7 Å². The fourth-order valence-electron chi connectivity index (χ4n) is 10.3.